The third-order valence-corrected chi connectivity index (χ3v) is 38.4. The maximum Gasteiger partial charge on any atom is 0.309 e. The van der Waals surface area contributed by atoms with Crippen molar-refractivity contribution < 1.29 is 51.0 Å². The fraction of sp³-hybridized carbons (Fsp3) is 0.826. The first-order chi connectivity index (χ1) is 38.2. The normalized spacial score (nSPS) is 30.3. The van der Waals surface area contributed by atoms with E-state index in [-0.39, 0.29) is 86.9 Å². The van der Waals surface area contributed by atoms with E-state index in [1.54, 1.807) is 0 Å². The molecule has 486 valence electrons. The van der Waals surface area contributed by atoms with Gasteiger partial charge in [0.1, 0.15) is 18.0 Å². The number of hydrogen-bond donors (Lipinski definition) is 0. The Morgan fingerprint density at radius 1 is 0.738 bits per heavy atom. The lowest BCUT2D eigenvalue weighted by molar-refractivity contribution is -0.173. The Bertz CT molecular complexity index is 2240. The molecule has 0 aromatic rings. The zero-order valence-electron chi connectivity index (χ0n) is 59.1. The molecule has 3 aliphatic rings. The van der Waals surface area contributed by atoms with Crippen LogP contribution < -0.4 is 0 Å². The molecule has 4 bridgehead atoms. The maximum atomic E-state index is 15.0. The van der Waals surface area contributed by atoms with Gasteiger partial charge in [-0.1, -0.05) is 154 Å². The molecule has 0 amide bonds. The lowest BCUT2D eigenvalue weighted by Gasteiger charge is -2.47. The minimum absolute atomic E-state index is 0.00667. The zero-order chi connectivity index (χ0) is 64.5. The van der Waals surface area contributed by atoms with Crippen LogP contribution in [-0.2, 0) is 51.0 Å². The fourth-order valence-electron chi connectivity index (χ4n) is 10.4. The Morgan fingerprint density at radius 3 is 1.85 bits per heavy atom. The third kappa shape index (κ3) is 21.8. The molecular formula is C69H128O11Si4. The van der Waals surface area contributed by atoms with Crippen LogP contribution in [-0.4, -0.2) is 119 Å². The number of Topliss-reactive ketones (excluding diaryl/α,β-unsaturated/α-hetero) is 1. The Kier molecular flexibility index (Phi) is 28.2. The zero-order valence-corrected chi connectivity index (χ0v) is 63.1. The summed E-state index contributed by atoms with van der Waals surface area (Å²) in [4.78, 5) is 29.7. The molecule has 0 spiro atoms. The van der Waals surface area contributed by atoms with Gasteiger partial charge in [0.15, 0.2) is 39.6 Å². The number of carbonyl (C=O) groups is 2. The molecule has 3 rings (SSSR count). The number of carbonyl (C=O) groups excluding carboxylic acids is 2. The second-order valence-electron chi connectivity index (χ2n) is 31.9. The third-order valence-electron chi connectivity index (χ3n) is 20.6. The van der Waals surface area contributed by atoms with Gasteiger partial charge in [-0.25, -0.2) is 0 Å². The van der Waals surface area contributed by atoms with Crippen LogP contribution in [0.1, 0.15) is 203 Å². The predicted octanol–water partition coefficient (Wildman–Crippen LogP) is 18.7. The molecule has 0 N–H and O–H groups in total. The Hall–Kier alpha value is -1.61. The molecule has 1 unspecified atom stereocenters. The predicted molar refractivity (Wildman–Crippen MR) is 361 cm³/mol. The van der Waals surface area contributed by atoms with Crippen LogP contribution in [0.5, 0.6) is 0 Å². The monoisotopic (exact) mass is 1240 g/mol. The smallest absolute Gasteiger partial charge is 0.309 e. The summed E-state index contributed by atoms with van der Waals surface area (Å²) in [6.07, 6.45) is 10.0. The number of hydrogen-bond acceptors (Lipinski definition) is 11. The minimum atomic E-state index is -2.52. The lowest BCUT2D eigenvalue weighted by atomic mass is 9.86. The van der Waals surface area contributed by atoms with E-state index in [1.165, 1.54) is 0 Å². The molecular weight excluding hydrogens is 1120 g/mol. The van der Waals surface area contributed by atoms with Gasteiger partial charge in [-0.2, -0.15) is 0 Å². The number of cyclic esters (lactones) is 1. The Balaban J connectivity index is 2.35. The van der Waals surface area contributed by atoms with Gasteiger partial charge in [0.05, 0.1) is 55.3 Å². The lowest BCUT2D eigenvalue weighted by Crippen LogP contribution is -2.55. The van der Waals surface area contributed by atoms with Crippen molar-refractivity contribution in [1.82, 2.24) is 0 Å². The number of ketones is 1. The van der Waals surface area contributed by atoms with Crippen molar-refractivity contribution in [2.75, 3.05) is 6.61 Å². The van der Waals surface area contributed by atoms with Crippen LogP contribution >= 0.6 is 0 Å². The maximum absolute atomic E-state index is 15.0. The van der Waals surface area contributed by atoms with Gasteiger partial charge in [-0.05, 0) is 174 Å². The molecule has 84 heavy (non-hydrogen) atoms. The number of allylic oxidation sites excluding steroid dienone is 2. The quantitative estimate of drug-likeness (QED) is 0.0404. The van der Waals surface area contributed by atoms with Gasteiger partial charge in [-0.15, -0.1) is 0 Å². The van der Waals surface area contributed by atoms with Crippen molar-refractivity contribution >= 4 is 45.0 Å². The summed E-state index contributed by atoms with van der Waals surface area (Å²) in [6, 6.07) is 0. The number of ether oxygens (including phenoxy) is 5. The highest BCUT2D eigenvalue weighted by Gasteiger charge is 2.51. The molecule has 11 nitrogen and oxygen atoms in total. The molecule has 2 fully saturated rings. The van der Waals surface area contributed by atoms with Gasteiger partial charge < -0.3 is 41.4 Å². The van der Waals surface area contributed by atoms with E-state index in [0.29, 0.717) is 32.3 Å². The standard InChI is InChI=1S/C69H128O11Si4/c1-31-33-35-46(3)63(78-82(25,26)67(14,15)16)47(4)36-34-37-57-58-39-38-54(74-58)43-55(73-53(10)72-32-2)41-49(6)56(70)44-60(77-81(23,24)66(11,12)13)52(9)48(5)40-51(8)64(79-83(27,28)68(17,18)19)65(80-84(29,30)69(20,21)22)61-42-50(7)59(75-61)45-62(71)76-57/h34,36-37,40,49-50,52-55,57-61,63-65H,3,8,31-33,35,38-39,41-45H2,1-2,4-7,9-30H3/b37-34+,47-36+,48-40+/t49-,50+,52+,53?,54+,55-,57+,58+,59-,60-,61+,63-,64+,65-/m0/s1. The van der Waals surface area contributed by atoms with Crippen molar-refractivity contribution in [3.63, 3.8) is 0 Å². The second kappa shape index (κ2) is 30.9. The average molecular weight is 1250 g/mol. The summed E-state index contributed by atoms with van der Waals surface area (Å²) in [5.41, 5.74) is 4.00. The highest BCUT2D eigenvalue weighted by Crippen LogP contribution is 2.46. The molecule has 0 aromatic heterocycles. The summed E-state index contributed by atoms with van der Waals surface area (Å²) in [5, 5.41) is -0.337. The van der Waals surface area contributed by atoms with Crippen LogP contribution in [0.25, 0.3) is 0 Å². The van der Waals surface area contributed by atoms with Crippen molar-refractivity contribution in [1.29, 1.82) is 0 Å². The summed E-state index contributed by atoms with van der Waals surface area (Å²) >= 11 is 0. The largest absolute Gasteiger partial charge is 0.455 e. The number of esters is 1. The van der Waals surface area contributed by atoms with Crippen molar-refractivity contribution in [2.45, 2.75) is 343 Å². The van der Waals surface area contributed by atoms with E-state index in [9.17, 15) is 9.59 Å². The topological polar surface area (TPSA) is 117 Å². The van der Waals surface area contributed by atoms with E-state index in [1.807, 2.05) is 32.9 Å². The SMILES string of the molecule is C=C1/C=C(\C)[C@@H](C)[C@@H](O[Si](C)(C)C(C)(C)C)CC(=O)[C@@H](C)C[C@H](OC(C)OCC)C[C@H]2CC[C@@H](O2)[C@@H](/C=C/C=C(\C)[C@@H](O[Si](C)(C)C(C)(C)C)C(=C)CCCC)OC(=O)C[C@@H]2O[C@H](C[C@H]2C)[C@H](O[Si](C)(C)C(C)(C)C)[C@@H]1O[Si](C)(C)C(C)(C)C. The number of fused-ring (bicyclic) bond motifs is 4. The molecule has 3 aliphatic heterocycles. The first-order valence-electron chi connectivity index (χ1n) is 32.6. The summed E-state index contributed by atoms with van der Waals surface area (Å²) < 4.78 is 63.2. The van der Waals surface area contributed by atoms with Crippen LogP contribution in [0.2, 0.25) is 72.5 Å². The Labute approximate surface area is 519 Å². The molecule has 14 atom stereocenters. The number of rotatable bonds is 19. The Morgan fingerprint density at radius 2 is 1.30 bits per heavy atom. The first kappa shape index (κ1) is 76.6. The second-order valence-corrected chi connectivity index (χ2v) is 50.9. The molecule has 2 saturated heterocycles. The first-order valence-corrected chi connectivity index (χ1v) is 44.2. The highest BCUT2D eigenvalue weighted by atomic mass is 28.4. The van der Waals surface area contributed by atoms with E-state index in [0.717, 1.165) is 48.0 Å². The average Bonchev–Trinajstić information content (AvgIpc) is 2.14. The van der Waals surface area contributed by atoms with Crippen molar-refractivity contribution in [3.05, 3.63) is 59.8 Å². The minimum Gasteiger partial charge on any atom is -0.455 e. The molecule has 0 saturated carbocycles. The van der Waals surface area contributed by atoms with E-state index in [4.69, 9.17) is 48.0 Å². The van der Waals surface area contributed by atoms with E-state index in [2.05, 4.69) is 189 Å². The molecule has 0 radical (unpaired) electrons. The summed E-state index contributed by atoms with van der Waals surface area (Å²) in [5.74, 6) is -0.692. The number of unbranched alkanes of at least 4 members (excludes halogenated alkanes) is 1. The van der Waals surface area contributed by atoms with Crippen LogP contribution in [0.4, 0.5) is 0 Å². The molecule has 0 aliphatic carbocycles. The molecule has 15 heteroatoms. The van der Waals surface area contributed by atoms with E-state index < -0.39 is 76.2 Å². The van der Waals surface area contributed by atoms with Crippen molar-refractivity contribution in [2.24, 2.45) is 17.8 Å². The summed E-state index contributed by atoms with van der Waals surface area (Å²) in [6.45, 7) is 72.2. The fourth-order valence-corrected chi connectivity index (χ4v) is 15.7. The van der Waals surface area contributed by atoms with Gasteiger partial charge in [-0.3, -0.25) is 9.59 Å². The van der Waals surface area contributed by atoms with Crippen LogP contribution in [0, 0.1) is 17.8 Å². The van der Waals surface area contributed by atoms with Gasteiger partial charge in [0.2, 0.25) is 0 Å². The van der Waals surface area contributed by atoms with Gasteiger partial charge >= 0.3 is 5.97 Å². The van der Waals surface area contributed by atoms with Gasteiger partial charge in [0, 0.05) is 24.9 Å². The van der Waals surface area contributed by atoms with Crippen LogP contribution in [0.3, 0.4) is 0 Å². The molecule has 0 aromatic carbocycles. The van der Waals surface area contributed by atoms with Crippen molar-refractivity contribution in [3.8, 4) is 0 Å². The van der Waals surface area contributed by atoms with E-state index >= 15 is 0 Å². The summed E-state index contributed by atoms with van der Waals surface area (Å²) in [7, 11) is -9.63. The van der Waals surface area contributed by atoms with Crippen LogP contribution in [0.15, 0.2) is 59.8 Å². The molecule has 3 heterocycles. The highest BCUT2D eigenvalue weighted by molar-refractivity contribution is 6.75. The van der Waals surface area contributed by atoms with Gasteiger partial charge in [0.25, 0.3) is 0 Å².